The zero-order valence-electron chi connectivity index (χ0n) is 7.16. The number of hydrogen-bond donors (Lipinski definition) is 0. The van der Waals surface area contributed by atoms with Crippen molar-refractivity contribution in [3.05, 3.63) is 0 Å². The second-order valence-electron chi connectivity index (χ2n) is 2.45. The Balaban J connectivity index is 0.00000121. The van der Waals surface area contributed by atoms with E-state index in [0.29, 0.717) is 12.8 Å². The van der Waals surface area contributed by atoms with Crippen LogP contribution in [-0.4, -0.2) is 26.1 Å². The molecular formula is C6H9NaO4S. The van der Waals surface area contributed by atoms with Crippen molar-refractivity contribution in [1.29, 1.82) is 0 Å². The van der Waals surface area contributed by atoms with E-state index in [0.717, 1.165) is 0 Å². The summed E-state index contributed by atoms with van der Waals surface area (Å²) in [4.78, 5) is 11.0. The minimum atomic E-state index is -2.32. The standard InChI is InChI=1S/C6H10O4S.Na/c1-2-10-5(7)6(3-4-6)11(8)9;/h2-4H2,1H3,(H,8,9);/q;+1/p-1. The van der Waals surface area contributed by atoms with Gasteiger partial charge in [0.1, 0.15) is 4.75 Å². The molecule has 0 bridgehead atoms. The van der Waals surface area contributed by atoms with Crippen molar-refractivity contribution in [2.75, 3.05) is 6.61 Å². The zero-order chi connectivity index (χ0) is 8.48. The Labute approximate surface area is 95.6 Å². The van der Waals surface area contributed by atoms with Gasteiger partial charge >= 0.3 is 35.5 Å². The van der Waals surface area contributed by atoms with Gasteiger partial charge in [0.15, 0.2) is 0 Å². The Morgan fingerprint density at radius 1 is 1.67 bits per heavy atom. The maximum absolute atomic E-state index is 11.0. The monoisotopic (exact) mass is 200 g/mol. The van der Waals surface area contributed by atoms with Crippen molar-refractivity contribution in [1.82, 2.24) is 0 Å². The SMILES string of the molecule is CCOC(=O)C1(S(=O)[O-])CC1.[Na+]. The molecular weight excluding hydrogens is 191 g/mol. The minimum Gasteiger partial charge on any atom is -0.771 e. The molecule has 0 radical (unpaired) electrons. The smallest absolute Gasteiger partial charge is 0.771 e. The van der Waals surface area contributed by atoms with Crippen LogP contribution in [-0.2, 0) is 20.6 Å². The van der Waals surface area contributed by atoms with Gasteiger partial charge in [0, 0.05) is 0 Å². The van der Waals surface area contributed by atoms with Crippen molar-refractivity contribution in [2.24, 2.45) is 0 Å². The van der Waals surface area contributed by atoms with E-state index in [1.54, 1.807) is 6.92 Å². The molecule has 0 N–H and O–H groups in total. The first-order chi connectivity index (χ1) is 5.13. The number of carbonyl (C=O) groups excluding carboxylic acids is 1. The summed E-state index contributed by atoms with van der Waals surface area (Å²) in [5.74, 6) is -0.603. The van der Waals surface area contributed by atoms with E-state index in [-0.39, 0.29) is 36.2 Å². The third kappa shape index (κ3) is 2.29. The van der Waals surface area contributed by atoms with Crippen LogP contribution in [0.15, 0.2) is 0 Å². The number of esters is 1. The average molecular weight is 200 g/mol. The molecule has 0 spiro atoms. The van der Waals surface area contributed by atoms with Crippen LogP contribution in [0.25, 0.3) is 0 Å². The molecule has 4 nitrogen and oxygen atoms in total. The van der Waals surface area contributed by atoms with E-state index in [1.165, 1.54) is 0 Å². The van der Waals surface area contributed by atoms with E-state index in [4.69, 9.17) is 0 Å². The molecule has 1 aliphatic rings. The Morgan fingerprint density at radius 3 is 2.42 bits per heavy atom. The van der Waals surface area contributed by atoms with Gasteiger partial charge in [-0.05, 0) is 30.8 Å². The molecule has 1 aliphatic carbocycles. The van der Waals surface area contributed by atoms with Gasteiger partial charge in [-0.1, -0.05) is 0 Å². The van der Waals surface area contributed by atoms with Crippen LogP contribution in [0, 0.1) is 0 Å². The molecule has 0 aromatic carbocycles. The molecule has 0 amide bonds. The first-order valence-corrected chi connectivity index (χ1v) is 4.47. The summed E-state index contributed by atoms with van der Waals surface area (Å²) in [6.07, 6.45) is 0.809. The maximum atomic E-state index is 11.0. The van der Waals surface area contributed by atoms with Crippen LogP contribution >= 0.6 is 0 Å². The molecule has 1 saturated carbocycles. The van der Waals surface area contributed by atoms with Crippen LogP contribution in [0.3, 0.4) is 0 Å². The fourth-order valence-corrected chi connectivity index (χ4v) is 1.45. The van der Waals surface area contributed by atoms with E-state index in [1.807, 2.05) is 0 Å². The first-order valence-electron chi connectivity index (χ1n) is 3.40. The predicted octanol–water partition coefficient (Wildman–Crippen LogP) is -3.03. The summed E-state index contributed by atoms with van der Waals surface area (Å²) in [5.41, 5.74) is 0. The average Bonchev–Trinajstić information content (AvgIpc) is 2.66. The van der Waals surface area contributed by atoms with E-state index in [2.05, 4.69) is 4.74 Å². The number of rotatable bonds is 3. The number of ether oxygens (including phenoxy) is 1. The fourth-order valence-electron chi connectivity index (χ4n) is 0.815. The van der Waals surface area contributed by atoms with Gasteiger partial charge in [-0.25, -0.2) is 0 Å². The second-order valence-corrected chi connectivity index (χ2v) is 3.70. The summed E-state index contributed by atoms with van der Waals surface area (Å²) >= 11 is -2.32. The molecule has 0 aliphatic heterocycles. The summed E-state index contributed by atoms with van der Waals surface area (Å²) < 4.78 is 24.4. The summed E-state index contributed by atoms with van der Waals surface area (Å²) in [6.45, 7) is 1.89. The van der Waals surface area contributed by atoms with Crippen LogP contribution in [0.1, 0.15) is 19.8 Å². The van der Waals surface area contributed by atoms with Crippen LogP contribution < -0.4 is 29.6 Å². The Bertz CT molecular complexity index is 202. The second kappa shape index (κ2) is 4.72. The van der Waals surface area contributed by atoms with Crippen molar-refractivity contribution >= 4 is 17.0 Å². The quantitative estimate of drug-likeness (QED) is 0.276. The van der Waals surface area contributed by atoms with Gasteiger partial charge in [-0.2, -0.15) is 0 Å². The van der Waals surface area contributed by atoms with Gasteiger partial charge in [0.2, 0.25) is 0 Å². The summed E-state index contributed by atoms with van der Waals surface area (Å²) in [5, 5.41) is 0. The third-order valence-corrected chi connectivity index (χ3v) is 2.88. The van der Waals surface area contributed by atoms with Gasteiger partial charge in [-0.3, -0.25) is 9.00 Å². The molecule has 0 saturated heterocycles. The zero-order valence-corrected chi connectivity index (χ0v) is 9.98. The number of hydrogen-bond acceptors (Lipinski definition) is 4. The van der Waals surface area contributed by atoms with E-state index in [9.17, 15) is 13.6 Å². The van der Waals surface area contributed by atoms with E-state index >= 15 is 0 Å². The predicted molar refractivity (Wildman–Crippen MR) is 37.5 cm³/mol. The summed E-state index contributed by atoms with van der Waals surface area (Å²) in [6, 6.07) is 0. The topological polar surface area (TPSA) is 66.4 Å². The molecule has 0 heterocycles. The minimum absolute atomic E-state index is 0. The maximum Gasteiger partial charge on any atom is 1.00 e. The fraction of sp³-hybridized carbons (Fsp3) is 0.833. The summed E-state index contributed by atoms with van der Waals surface area (Å²) in [7, 11) is 0. The van der Waals surface area contributed by atoms with Crippen molar-refractivity contribution in [2.45, 2.75) is 24.5 Å². The Morgan fingerprint density at radius 2 is 2.17 bits per heavy atom. The Hall–Kier alpha value is 0.580. The third-order valence-electron chi connectivity index (χ3n) is 1.67. The largest absolute Gasteiger partial charge is 1.00 e. The molecule has 1 unspecified atom stereocenters. The molecule has 1 fully saturated rings. The molecule has 0 aromatic heterocycles. The van der Waals surface area contributed by atoms with Gasteiger partial charge in [0.25, 0.3) is 0 Å². The molecule has 0 aromatic rings. The van der Waals surface area contributed by atoms with Crippen molar-refractivity contribution < 1.29 is 47.9 Å². The molecule has 1 atom stereocenters. The molecule has 6 heteroatoms. The van der Waals surface area contributed by atoms with Gasteiger partial charge in [0.05, 0.1) is 6.61 Å². The van der Waals surface area contributed by atoms with Crippen molar-refractivity contribution in [3.63, 3.8) is 0 Å². The van der Waals surface area contributed by atoms with Crippen molar-refractivity contribution in [3.8, 4) is 0 Å². The van der Waals surface area contributed by atoms with Crippen LogP contribution in [0.2, 0.25) is 0 Å². The van der Waals surface area contributed by atoms with E-state index < -0.39 is 21.8 Å². The van der Waals surface area contributed by atoms with Gasteiger partial charge in [-0.15, -0.1) is 0 Å². The first kappa shape index (κ1) is 12.6. The molecule has 12 heavy (non-hydrogen) atoms. The normalized spacial score (nSPS) is 20.5. The molecule has 64 valence electrons. The number of carbonyl (C=O) groups is 1. The Kier molecular flexibility index (Phi) is 4.94. The van der Waals surface area contributed by atoms with Crippen LogP contribution in [0.4, 0.5) is 0 Å². The van der Waals surface area contributed by atoms with Gasteiger partial charge < -0.3 is 9.29 Å². The molecule has 1 rings (SSSR count). The van der Waals surface area contributed by atoms with Crippen LogP contribution in [0.5, 0.6) is 0 Å².